The van der Waals surface area contributed by atoms with Crippen LogP contribution in [0.15, 0.2) is 59.8 Å². The van der Waals surface area contributed by atoms with E-state index in [-0.39, 0.29) is 0 Å². The molecule has 1 aromatic heterocycles. The standard InChI is InChI=1S/C24H30N4O2S/c1-19-18-27(14-16-30-19)15-17-31-24-26-25-23(21-8-10-22(29-2)11-9-21)28(24)13-12-20-6-4-3-5-7-20/h3-11,19H,12-18H2,1-2H3. The van der Waals surface area contributed by atoms with Crippen LogP contribution < -0.4 is 4.74 Å². The van der Waals surface area contributed by atoms with Gasteiger partial charge in [0.2, 0.25) is 0 Å². The first kappa shape index (κ1) is 21.9. The molecular formula is C24H30N4O2S. The normalized spacial score (nSPS) is 17.0. The molecular weight excluding hydrogens is 408 g/mol. The van der Waals surface area contributed by atoms with Crippen molar-refractivity contribution in [3.05, 3.63) is 60.2 Å². The number of aromatic nitrogens is 3. The highest BCUT2D eigenvalue weighted by molar-refractivity contribution is 7.99. The third-order valence-electron chi connectivity index (χ3n) is 5.50. The van der Waals surface area contributed by atoms with Crippen LogP contribution in [0, 0.1) is 0 Å². The van der Waals surface area contributed by atoms with Crippen LogP contribution in [0.3, 0.4) is 0 Å². The summed E-state index contributed by atoms with van der Waals surface area (Å²) < 4.78 is 13.2. The molecule has 6 nitrogen and oxygen atoms in total. The van der Waals surface area contributed by atoms with E-state index >= 15 is 0 Å². The van der Waals surface area contributed by atoms with Gasteiger partial charge in [0.05, 0.1) is 19.8 Å². The lowest BCUT2D eigenvalue weighted by Gasteiger charge is -2.30. The zero-order valence-electron chi connectivity index (χ0n) is 18.2. The van der Waals surface area contributed by atoms with E-state index in [1.807, 2.05) is 24.3 Å². The van der Waals surface area contributed by atoms with Crippen LogP contribution in [0.5, 0.6) is 5.75 Å². The fourth-order valence-corrected chi connectivity index (χ4v) is 4.76. The number of thioether (sulfide) groups is 1. The van der Waals surface area contributed by atoms with Crippen molar-refractivity contribution in [2.45, 2.75) is 31.1 Å². The van der Waals surface area contributed by atoms with Gasteiger partial charge >= 0.3 is 0 Å². The van der Waals surface area contributed by atoms with E-state index < -0.39 is 0 Å². The van der Waals surface area contributed by atoms with Crippen LogP contribution >= 0.6 is 11.8 Å². The Morgan fingerprint density at radius 3 is 2.61 bits per heavy atom. The predicted octanol–water partition coefficient (Wildman–Crippen LogP) is 4.01. The highest BCUT2D eigenvalue weighted by Crippen LogP contribution is 2.26. The van der Waals surface area contributed by atoms with E-state index in [1.54, 1.807) is 18.9 Å². The number of rotatable bonds is 9. The average Bonchev–Trinajstić information content (AvgIpc) is 3.21. The maximum Gasteiger partial charge on any atom is 0.191 e. The van der Waals surface area contributed by atoms with Gasteiger partial charge in [-0.15, -0.1) is 10.2 Å². The fourth-order valence-electron chi connectivity index (χ4n) is 3.80. The number of nitrogens with zero attached hydrogens (tertiary/aromatic N) is 4. The molecule has 4 rings (SSSR count). The molecule has 3 aromatic rings. The summed E-state index contributed by atoms with van der Waals surface area (Å²) in [6.07, 6.45) is 1.26. The molecule has 0 aliphatic carbocycles. The number of methoxy groups -OCH3 is 1. The minimum Gasteiger partial charge on any atom is -0.497 e. The predicted molar refractivity (Wildman–Crippen MR) is 125 cm³/mol. The lowest BCUT2D eigenvalue weighted by atomic mass is 10.1. The first-order chi connectivity index (χ1) is 15.2. The summed E-state index contributed by atoms with van der Waals surface area (Å²) >= 11 is 1.78. The molecule has 1 aliphatic heterocycles. The van der Waals surface area contributed by atoms with Gasteiger partial charge in [0.15, 0.2) is 11.0 Å². The van der Waals surface area contributed by atoms with E-state index in [9.17, 15) is 0 Å². The highest BCUT2D eigenvalue weighted by atomic mass is 32.2. The molecule has 0 bridgehead atoms. The number of morpholine rings is 1. The first-order valence-electron chi connectivity index (χ1n) is 10.8. The van der Waals surface area contributed by atoms with Crippen molar-refractivity contribution in [1.29, 1.82) is 0 Å². The molecule has 1 aliphatic rings. The summed E-state index contributed by atoms with van der Waals surface area (Å²) in [5.41, 5.74) is 2.37. The van der Waals surface area contributed by atoms with Crippen molar-refractivity contribution in [2.24, 2.45) is 0 Å². The summed E-state index contributed by atoms with van der Waals surface area (Å²) in [5, 5.41) is 10.1. The fraction of sp³-hybridized carbons (Fsp3) is 0.417. The zero-order chi connectivity index (χ0) is 21.5. The molecule has 0 amide bonds. The molecule has 1 unspecified atom stereocenters. The quantitative estimate of drug-likeness (QED) is 0.471. The van der Waals surface area contributed by atoms with Gasteiger partial charge in [-0.2, -0.15) is 0 Å². The SMILES string of the molecule is COc1ccc(-c2nnc(SCCN3CCOC(C)C3)n2CCc2ccccc2)cc1. The molecule has 1 fully saturated rings. The maximum absolute atomic E-state index is 5.65. The van der Waals surface area contributed by atoms with E-state index in [4.69, 9.17) is 9.47 Å². The van der Waals surface area contributed by atoms with Crippen LogP contribution in [0.4, 0.5) is 0 Å². The second-order valence-corrected chi connectivity index (χ2v) is 8.81. The van der Waals surface area contributed by atoms with Gasteiger partial charge in [-0.3, -0.25) is 4.90 Å². The number of hydrogen-bond donors (Lipinski definition) is 0. The topological polar surface area (TPSA) is 52.4 Å². The minimum absolute atomic E-state index is 0.315. The van der Waals surface area contributed by atoms with Crippen LogP contribution in [0.1, 0.15) is 12.5 Å². The van der Waals surface area contributed by atoms with Gasteiger partial charge in [-0.25, -0.2) is 0 Å². The number of aryl methyl sites for hydroxylation is 1. The molecule has 0 radical (unpaired) electrons. The van der Waals surface area contributed by atoms with Gasteiger partial charge in [0.1, 0.15) is 5.75 Å². The number of benzene rings is 2. The molecule has 1 saturated heterocycles. The molecule has 2 aromatic carbocycles. The van der Waals surface area contributed by atoms with Gasteiger partial charge in [-0.05, 0) is 43.2 Å². The Kier molecular flexibility index (Phi) is 7.61. The lowest BCUT2D eigenvalue weighted by Crippen LogP contribution is -2.42. The summed E-state index contributed by atoms with van der Waals surface area (Å²) in [4.78, 5) is 2.47. The van der Waals surface area contributed by atoms with Gasteiger partial charge in [0.25, 0.3) is 0 Å². The largest absolute Gasteiger partial charge is 0.497 e. The van der Waals surface area contributed by atoms with Gasteiger partial charge < -0.3 is 14.0 Å². The van der Waals surface area contributed by atoms with Crippen LogP contribution in [0.25, 0.3) is 11.4 Å². The Labute approximate surface area is 188 Å². The van der Waals surface area contributed by atoms with Crippen LogP contribution in [-0.2, 0) is 17.7 Å². The molecule has 164 valence electrons. The van der Waals surface area contributed by atoms with Gasteiger partial charge in [-0.1, -0.05) is 42.1 Å². The Bertz CT molecular complexity index is 946. The van der Waals surface area contributed by atoms with E-state index in [2.05, 4.69) is 56.9 Å². The summed E-state index contributed by atoms with van der Waals surface area (Å²) in [6, 6.07) is 18.6. The molecule has 7 heteroatoms. The van der Waals surface area contributed by atoms with Crippen molar-refractivity contribution >= 4 is 11.8 Å². The minimum atomic E-state index is 0.315. The van der Waals surface area contributed by atoms with E-state index in [0.717, 1.165) is 67.3 Å². The Morgan fingerprint density at radius 2 is 1.87 bits per heavy atom. The molecule has 0 saturated carbocycles. The maximum atomic E-state index is 5.65. The smallest absolute Gasteiger partial charge is 0.191 e. The second kappa shape index (κ2) is 10.8. The Hall–Kier alpha value is -2.35. The number of hydrogen-bond acceptors (Lipinski definition) is 6. The van der Waals surface area contributed by atoms with Crippen molar-refractivity contribution in [2.75, 3.05) is 39.1 Å². The molecule has 1 atom stereocenters. The Balaban J connectivity index is 1.48. The lowest BCUT2D eigenvalue weighted by molar-refractivity contribution is -0.0158. The van der Waals surface area contributed by atoms with Crippen molar-refractivity contribution in [3.63, 3.8) is 0 Å². The highest BCUT2D eigenvalue weighted by Gasteiger charge is 2.18. The van der Waals surface area contributed by atoms with E-state index in [0.29, 0.717) is 6.10 Å². The average molecular weight is 439 g/mol. The molecule has 0 N–H and O–H groups in total. The van der Waals surface area contributed by atoms with Crippen molar-refractivity contribution in [1.82, 2.24) is 19.7 Å². The molecule has 2 heterocycles. The summed E-state index contributed by atoms with van der Waals surface area (Å²) in [7, 11) is 1.68. The summed E-state index contributed by atoms with van der Waals surface area (Å²) in [6.45, 7) is 6.83. The molecule has 0 spiro atoms. The van der Waals surface area contributed by atoms with Crippen molar-refractivity contribution < 1.29 is 9.47 Å². The summed E-state index contributed by atoms with van der Waals surface area (Å²) in [5.74, 6) is 2.73. The van der Waals surface area contributed by atoms with Crippen LogP contribution in [0.2, 0.25) is 0 Å². The monoisotopic (exact) mass is 438 g/mol. The second-order valence-electron chi connectivity index (χ2n) is 7.75. The van der Waals surface area contributed by atoms with E-state index in [1.165, 1.54) is 5.56 Å². The first-order valence-corrected chi connectivity index (χ1v) is 11.8. The Morgan fingerprint density at radius 1 is 1.06 bits per heavy atom. The molecule has 31 heavy (non-hydrogen) atoms. The van der Waals surface area contributed by atoms with Crippen LogP contribution in [-0.4, -0.2) is 64.9 Å². The van der Waals surface area contributed by atoms with Crippen molar-refractivity contribution in [3.8, 4) is 17.1 Å². The third kappa shape index (κ3) is 5.87. The third-order valence-corrected chi connectivity index (χ3v) is 6.44. The van der Waals surface area contributed by atoms with Gasteiger partial charge in [0, 0.05) is 37.5 Å². The number of ether oxygens (including phenoxy) is 2. The zero-order valence-corrected chi connectivity index (χ0v) is 19.1.